The first kappa shape index (κ1) is 15.7. The zero-order valence-electron chi connectivity index (χ0n) is 4.31. The molecule has 1 unspecified atom stereocenters. The monoisotopic (exact) mass is 163 g/mol. The van der Waals surface area contributed by atoms with Crippen LogP contribution in [0.5, 0.6) is 0 Å². The molecule has 0 aliphatic carbocycles. The Labute approximate surface area is 65.0 Å². The molecule has 0 saturated carbocycles. The maximum absolute atomic E-state index is 7.94. The molecule has 0 heterocycles. The Morgan fingerprint density at radius 3 is 1.67 bits per heavy atom. The van der Waals surface area contributed by atoms with Crippen molar-refractivity contribution in [2.24, 2.45) is 0 Å². The van der Waals surface area contributed by atoms with Crippen LogP contribution in [-0.4, -0.2) is 11.2 Å². The Bertz CT molecular complexity index is 12.3. The molecule has 0 bridgehead atoms. The third-order valence-electron chi connectivity index (χ3n) is 0. The number of hydrogen-bond donors (Lipinski definition) is 1. The third kappa shape index (κ3) is 73.9. The van der Waals surface area contributed by atoms with Crippen molar-refractivity contribution in [3.63, 3.8) is 0 Å². The summed E-state index contributed by atoms with van der Waals surface area (Å²) in [5.74, 6) is 0. The maximum Gasteiger partial charge on any atom is 3.00 e. The summed E-state index contributed by atoms with van der Waals surface area (Å²) in [6.07, 6.45) is -0.417. The molecule has 0 aliphatic rings. The van der Waals surface area contributed by atoms with Gasteiger partial charge in [-0.2, -0.15) is 0 Å². The smallest absolute Gasteiger partial charge is 0.426 e. The van der Waals surface area contributed by atoms with Crippen molar-refractivity contribution in [1.29, 1.82) is 0 Å². The number of aliphatic hydroxyl groups excluding tert-OH is 1. The van der Waals surface area contributed by atoms with Crippen LogP contribution in [0.15, 0.2) is 0 Å². The van der Waals surface area contributed by atoms with E-state index >= 15 is 0 Å². The summed E-state index contributed by atoms with van der Waals surface area (Å²) in [7, 11) is 0. The summed E-state index contributed by atoms with van der Waals surface area (Å²) < 4.78 is 0. The van der Waals surface area contributed by atoms with E-state index in [1.165, 1.54) is 0 Å². The van der Waals surface area contributed by atoms with Gasteiger partial charge in [0, 0.05) is 0 Å². The first-order valence-corrected chi connectivity index (χ1v) is 1.24. The van der Waals surface area contributed by atoms with Crippen LogP contribution < -0.4 is 0 Å². The van der Waals surface area contributed by atoms with Crippen LogP contribution in [0.1, 0.15) is 6.92 Å². The van der Waals surface area contributed by atoms with Gasteiger partial charge in [-0.3, -0.25) is 0 Å². The standard InChI is InChI=1S/C3H7O.CH3.Y/c1-3(2)4;;/h3-4H,1H2,2H3;1H3;/q2*-1;+3. The van der Waals surface area contributed by atoms with Crippen molar-refractivity contribution < 1.29 is 37.8 Å². The van der Waals surface area contributed by atoms with Gasteiger partial charge in [0.1, 0.15) is 0 Å². The Kier molecular flexibility index (Phi) is 24.7. The van der Waals surface area contributed by atoms with Crippen LogP contribution in [0.25, 0.3) is 0 Å². The third-order valence-corrected chi connectivity index (χ3v) is 0. The van der Waals surface area contributed by atoms with Gasteiger partial charge in [-0.15, -0.1) is 0 Å². The van der Waals surface area contributed by atoms with Gasteiger partial charge in [0.15, 0.2) is 0 Å². The zero-order valence-corrected chi connectivity index (χ0v) is 7.15. The van der Waals surface area contributed by atoms with Crippen molar-refractivity contribution in [1.82, 2.24) is 0 Å². The molecule has 34 valence electrons. The summed E-state index contributed by atoms with van der Waals surface area (Å²) >= 11 is 0. The minimum atomic E-state index is -0.417. The van der Waals surface area contributed by atoms with Crippen molar-refractivity contribution in [3.05, 3.63) is 14.4 Å². The molecule has 2 heteroatoms. The Balaban J connectivity index is -0.0000000450. The molecule has 0 aromatic carbocycles. The molecule has 0 amide bonds. The second-order valence-corrected chi connectivity index (χ2v) is 0.849. The molecule has 1 nitrogen and oxygen atoms in total. The van der Waals surface area contributed by atoms with E-state index in [-0.39, 0.29) is 40.1 Å². The average molecular weight is 163 g/mol. The molecule has 0 fully saturated rings. The van der Waals surface area contributed by atoms with Crippen LogP contribution in [-0.2, 0) is 32.7 Å². The van der Waals surface area contributed by atoms with Crippen molar-refractivity contribution in [3.8, 4) is 0 Å². The predicted molar refractivity (Wildman–Crippen MR) is 23.5 cm³/mol. The summed E-state index contributed by atoms with van der Waals surface area (Å²) in [5, 5.41) is 7.94. The molecular formula is C4H10OY+. The number of rotatable bonds is 0. The zero-order chi connectivity index (χ0) is 3.58. The quantitative estimate of drug-likeness (QED) is 0.520. The van der Waals surface area contributed by atoms with Gasteiger partial charge in [-0.1, -0.05) is 13.0 Å². The Hall–Kier alpha value is 1.06. The summed E-state index contributed by atoms with van der Waals surface area (Å²) in [6.45, 7) is 4.81. The van der Waals surface area contributed by atoms with Crippen LogP contribution in [0.3, 0.4) is 0 Å². The SMILES string of the molecule is [CH2-]C(C)O.[CH3-].[Y+3]. The van der Waals surface area contributed by atoms with E-state index in [4.69, 9.17) is 5.11 Å². The number of aliphatic hydroxyl groups is 1. The van der Waals surface area contributed by atoms with Gasteiger partial charge in [0.2, 0.25) is 0 Å². The molecule has 6 heavy (non-hydrogen) atoms. The Morgan fingerprint density at radius 2 is 1.67 bits per heavy atom. The molecule has 1 atom stereocenters. The van der Waals surface area contributed by atoms with E-state index in [9.17, 15) is 0 Å². The maximum atomic E-state index is 7.94. The summed E-state index contributed by atoms with van der Waals surface area (Å²) in [6, 6.07) is 0. The molecule has 0 spiro atoms. The molecule has 0 aliphatic heterocycles. The first-order chi connectivity index (χ1) is 1.73. The van der Waals surface area contributed by atoms with E-state index in [1.54, 1.807) is 6.92 Å². The van der Waals surface area contributed by atoms with Gasteiger partial charge < -0.3 is 19.5 Å². The van der Waals surface area contributed by atoms with E-state index in [0.29, 0.717) is 0 Å². The van der Waals surface area contributed by atoms with Crippen molar-refractivity contribution >= 4 is 0 Å². The van der Waals surface area contributed by atoms with E-state index in [2.05, 4.69) is 6.92 Å². The van der Waals surface area contributed by atoms with Gasteiger partial charge in [-0.05, 0) is 0 Å². The summed E-state index contributed by atoms with van der Waals surface area (Å²) in [4.78, 5) is 0. The average Bonchev–Trinajstić information content (AvgIpc) is 0.811. The fraction of sp³-hybridized carbons (Fsp3) is 0.500. The summed E-state index contributed by atoms with van der Waals surface area (Å²) in [5.41, 5.74) is 0. The molecular weight excluding hydrogens is 153 g/mol. The largest absolute Gasteiger partial charge is 3.00 e. The molecule has 0 aromatic rings. The van der Waals surface area contributed by atoms with Crippen molar-refractivity contribution in [2.45, 2.75) is 13.0 Å². The van der Waals surface area contributed by atoms with Crippen LogP contribution >= 0.6 is 0 Å². The van der Waals surface area contributed by atoms with Crippen molar-refractivity contribution in [2.75, 3.05) is 0 Å². The minimum Gasteiger partial charge on any atom is -0.426 e. The molecule has 0 saturated heterocycles. The van der Waals surface area contributed by atoms with Crippen LogP contribution in [0, 0.1) is 14.4 Å². The van der Waals surface area contributed by atoms with Gasteiger partial charge >= 0.3 is 32.7 Å². The van der Waals surface area contributed by atoms with Crippen LogP contribution in [0.4, 0.5) is 0 Å². The van der Waals surface area contributed by atoms with E-state index in [1.807, 2.05) is 0 Å². The molecule has 0 aromatic heterocycles. The normalized spacial score (nSPS) is 10.5. The molecule has 0 radical (unpaired) electrons. The fourth-order valence-corrected chi connectivity index (χ4v) is 0. The second-order valence-electron chi connectivity index (χ2n) is 0.849. The van der Waals surface area contributed by atoms with Gasteiger partial charge in [-0.25, -0.2) is 0 Å². The second kappa shape index (κ2) is 9.42. The minimum absolute atomic E-state index is 0. The number of hydrogen-bond acceptors (Lipinski definition) is 1. The fourth-order valence-electron chi connectivity index (χ4n) is 0. The first-order valence-electron chi connectivity index (χ1n) is 1.24. The van der Waals surface area contributed by atoms with Gasteiger partial charge in [0.05, 0.1) is 0 Å². The molecule has 1 N–H and O–H groups in total. The molecule has 0 rings (SSSR count). The van der Waals surface area contributed by atoms with E-state index in [0.717, 1.165) is 0 Å². The van der Waals surface area contributed by atoms with E-state index < -0.39 is 6.10 Å². The van der Waals surface area contributed by atoms with Crippen LogP contribution in [0.2, 0.25) is 0 Å². The van der Waals surface area contributed by atoms with Gasteiger partial charge in [0.25, 0.3) is 0 Å². The topological polar surface area (TPSA) is 20.2 Å². The Morgan fingerprint density at radius 1 is 1.67 bits per heavy atom. The predicted octanol–water partition coefficient (Wildman–Crippen LogP) is 0.649.